The first kappa shape index (κ1) is 16.1. The quantitative estimate of drug-likeness (QED) is 0.845. The Kier molecular flexibility index (Phi) is 4.24. The monoisotopic (exact) mass is 300 g/mol. The standard InChI is InChI=1S/C16H23F3N2/c1-11-9-20-14(15(2,3)4)10-21(11)13-8-6-5-7-12(13)16(17,18)19/h5-8,11,14,20H,9-10H2,1-4H3. The lowest BCUT2D eigenvalue weighted by Crippen LogP contribution is -2.60. The van der Waals surface area contributed by atoms with E-state index in [1.54, 1.807) is 12.1 Å². The molecule has 0 amide bonds. The maximum atomic E-state index is 13.2. The van der Waals surface area contributed by atoms with E-state index in [0.717, 1.165) is 6.07 Å². The van der Waals surface area contributed by atoms with Crippen molar-refractivity contribution in [1.29, 1.82) is 0 Å². The molecule has 2 unspecified atom stereocenters. The van der Waals surface area contributed by atoms with E-state index in [9.17, 15) is 13.2 Å². The molecule has 1 aromatic rings. The fraction of sp³-hybridized carbons (Fsp3) is 0.625. The Morgan fingerprint density at radius 1 is 1.14 bits per heavy atom. The van der Waals surface area contributed by atoms with Crippen molar-refractivity contribution in [2.75, 3.05) is 18.0 Å². The predicted molar refractivity (Wildman–Crippen MR) is 79.5 cm³/mol. The molecular weight excluding hydrogens is 277 g/mol. The fourth-order valence-electron chi connectivity index (χ4n) is 2.74. The van der Waals surface area contributed by atoms with Crippen molar-refractivity contribution in [3.8, 4) is 0 Å². The van der Waals surface area contributed by atoms with E-state index in [1.807, 2.05) is 11.8 Å². The highest BCUT2D eigenvalue weighted by Gasteiger charge is 2.38. The summed E-state index contributed by atoms with van der Waals surface area (Å²) in [6.07, 6.45) is -4.32. The average molecular weight is 300 g/mol. The molecule has 1 aromatic carbocycles. The van der Waals surface area contributed by atoms with Crippen LogP contribution in [0.4, 0.5) is 18.9 Å². The number of rotatable bonds is 1. The summed E-state index contributed by atoms with van der Waals surface area (Å²) in [5.41, 5.74) is -0.259. The van der Waals surface area contributed by atoms with Crippen molar-refractivity contribution in [2.45, 2.75) is 46.0 Å². The van der Waals surface area contributed by atoms with E-state index in [-0.39, 0.29) is 23.2 Å². The zero-order valence-corrected chi connectivity index (χ0v) is 13.0. The number of anilines is 1. The highest BCUT2D eigenvalue weighted by atomic mass is 19.4. The van der Waals surface area contributed by atoms with Crippen LogP contribution < -0.4 is 10.2 Å². The van der Waals surface area contributed by atoms with Crippen molar-refractivity contribution in [3.63, 3.8) is 0 Å². The van der Waals surface area contributed by atoms with Gasteiger partial charge in [-0.2, -0.15) is 13.2 Å². The van der Waals surface area contributed by atoms with Crippen LogP contribution in [0, 0.1) is 5.41 Å². The van der Waals surface area contributed by atoms with Crippen molar-refractivity contribution >= 4 is 5.69 Å². The molecule has 1 N–H and O–H groups in total. The van der Waals surface area contributed by atoms with Gasteiger partial charge in [0, 0.05) is 30.9 Å². The number of nitrogens with zero attached hydrogens (tertiary/aromatic N) is 1. The molecule has 0 bridgehead atoms. The number of benzene rings is 1. The van der Waals surface area contributed by atoms with Gasteiger partial charge in [0.25, 0.3) is 0 Å². The van der Waals surface area contributed by atoms with E-state index in [1.165, 1.54) is 6.07 Å². The van der Waals surface area contributed by atoms with Gasteiger partial charge in [0.15, 0.2) is 0 Å². The lowest BCUT2D eigenvalue weighted by molar-refractivity contribution is -0.137. The number of halogens is 3. The Morgan fingerprint density at radius 2 is 1.76 bits per heavy atom. The number of alkyl halides is 3. The molecule has 2 nitrogen and oxygen atoms in total. The molecule has 1 heterocycles. The maximum Gasteiger partial charge on any atom is 0.418 e. The molecule has 0 aromatic heterocycles. The molecule has 2 rings (SSSR count). The van der Waals surface area contributed by atoms with Crippen LogP contribution in [0.25, 0.3) is 0 Å². The van der Waals surface area contributed by atoms with Gasteiger partial charge in [-0.1, -0.05) is 32.9 Å². The maximum absolute atomic E-state index is 13.2. The highest BCUT2D eigenvalue weighted by molar-refractivity contribution is 5.56. The van der Waals surface area contributed by atoms with E-state index >= 15 is 0 Å². The summed E-state index contributed by atoms with van der Waals surface area (Å²) >= 11 is 0. The third kappa shape index (κ3) is 3.51. The minimum Gasteiger partial charge on any atom is -0.365 e. The number of nitrogens with one attached hydrogen (secondary N) is 1. The van der Waals surface area contributed by atoms with E-state index in [0.29, 0.717) is 13.1 Å². The third-order valence-corrected chi connectivity index (χ3v) is 4.14. The van der Waals surface area contributed by atoms with Gasteiger partial charge in [-0.15, -0.1) is 0 Å². The zero-order valence-electron chi connectivity index (χ0n) is 13.0. The normalized spacial score (nSPS) is 24.2. The Hall–Kier alpha value is -1.23. The molecule has 0 radical (unpaired) electrons. The van der Waals surface area contributed by atoms with Crippen molar-refractivity contribution < 1.29 is 13.2 Å². The second-order valence-corrected chi connectivity index (χ2v) is 6.84. The summed E-state index contributed by atoms with van der Waals surface area (Å²) in [6, 6.07) is 6.05. The molecule has 1 fully saturated rings. The number of hydrogen-bond acceptors (Lipinski definition) is 2. The van der Waals surface area contributed by atoms with Gasteiger partial charge >= 0.3 is 6.18 Å². The summed E-state index contributed by atoms with van der Waals surface area (Å²) in [5.74, 6) is 0. The van der Waals surface area contributed by atoms with Gasteiger partial charge in [-0.3, -0.25) is 0 Å². The smallest absolute Gasteiger partial charge is 0.365 e. The van der Waals surface area contributed by atoms with Crippen LogP contribution in [0.15, 0.2) is 24.3 Å². The van der Waals surface area contributed by atoms with Gasteiger partial charge in [0.05, 0.1) is 5.56 Å². The second-order valence-electron chi connectivity index (χ2n) is 6.84. The minimum atomic E-state index is -4.32. The van der Waals surface area contributed by atoms with Gasteiger partial charge in [-0.05, 0) is 24.5 Å². The highest BCUT2D eigenvalue weighted by Crippen LogP contribution is 2.38. The lowest BCUT2D eigenvalue weighted by Gasteiger charge is -2.45. The van der Waals surface area contributed by atoms with Crippen LogP contribution in [0.1, 0.15) is 33.3 Å². The molecule has 1 aliphatic heterocycles. The molecule has 0 spiro atoms. The number of para-hydroxylation sites is 1. The predicted octanol–water partition coefficient (Wildman–Crippen LogP) is 3.92. The molecule has 21 heavy (non-hydrogen) atoms. The van der Waals surface area contributed by atoms with Gasteiger partial charge in [-0.25, -0.2) is 0 Å². The van der Waals surface area contributed by atoms with Crippen LogP contribution in [0.5, 0.6) is 0 Å². The van der Waals surface area contributed by atoms with Crippen LogP contribution >= 0.6 is 0 Å². The van der Waals surface area contributed by atoms with Crippen LogP contribution in [-0.2, 0) is 6.18 Å². The summed E-state index contributed by atoms with van der Waals surface area (Å²) in [7, 11) is 0. The van der Waals surface area contributed by atoms with Gasteiger partial charge in [0.1, 0.15) is 0 Å². The first-order valence-electron chi connectivity index (χ1n) is 7.27. The first-order chi connectivity index (χ1) is 9.60. The molecule has 118 valence electrons. The van der Waals surface area contributed by atoms with Crippen molar-refractivity contribution in [3.05, 3.63) is 29.8 Å². The molecular formula is C16H23F3N2. The second kappa shape index (κ2) is 5.52. The molecule has 0 saturated carbocycles. The van der Waals surface area contributed by atoms with Crippen molar-refractivity contribution in [2.24, 2.45) is 5.41 Å². The number of hydrogen-bond donors (Lipinski definition) is 1. The largest absolute Gasteiger partial charge is 0.418 e. The Labute approximate surface area is 124 Å². The lowest BCUT2D eigenvalue weighted by atomic mass is 9.84. The van der Waals surface area contributed by atoms with E-state index in [4.69, 9.17) is 0 Å². The summed E-state index contributed by atoms with van der Waals surface area (Å²) < 4.78 is 39.7. The van der Waals surface area contributed by atoms with Crippen LogP contribution in [0.3, 0.4) is 0 Å². The summed E-state index contributed by atoms with van der Waals surface area (Å²) in [6.45, 7) is 9.54. The average Bonchev–Trinajstić information content (AvgIpc) is 2.37. The molecule has 1 saturated heterocycles. The Morgan fingerprint density at radius 3 is 2.33 bits per heavy atom. The van der Waals surface area contributed by atoms with Crippen molar-refractivity contribution in [1.82, 2.24) is 5.32 Å². The summed E-state index contributed by atoms with van der Waals surface area (Å²) in [4.78, 5) is 1.88. The van der Waals surface area contributed by atoms with E-state index < -0.39 is 11.7 Å². The Bertz CT molecular complexity index is 491. The molecule has 0 aliphatic carbocycles. The third-order valence-electron chi connectivity index (χ3n) is 4.14. The molecule has 2 atom stereocenters. The number of piperazine rings is 1. The van der Waals surface area contributed by atoms with Gasteiger partial charge < -0.3 is 10.2 Å². The van der Waals surface area contributed by atoms with E-state index in [2.05, 4.69) is 26.1 Å². The molecule has 5 heteroatoms. The van der Waals surface area contributed by atoms with Crippen LogP contribution in [-0.4, -0.2) is 25.2 Å². The SMILES string of the molecule is CC1CNC(C(C)(C)C)CN1c1ccccc1C(F)(F)F. The Balaban J connectivity index is 2.36. The first-order valence-corrected chi connectivity index (χ1v) is 7.27. The zero-order chi connectivity index (χ0) is 15.8. The topological polar surface area (TPSA) is 15.3 Å². The fourth-order valence-corrected chi connectivity index (χ4v) is 2.74. The summed E-state index contributed by atoms with van der Waals surface area (Å²) in [5, 5.41) is 3.44. The van der Waals surface area contributed by atoms with Gasteiger partial charge in [0.2, 0.25) is 0 Å². The van der Waals surface area contributed by atoms with Crippen LogP contribution in [0.2, 0.25) is 0 Å². The minimum absolute atomic E-state index is 0.00552. The molecule has 1 aliphatic rings.